The third kappa shape index (κ3) is 3.35. The van der Waals surface area contributed by atoms with Gasteiger partial charge in [-0.2, -0.15) is 5.10 Å². The van der Waals surface area contributed by atoms with E-state index in [0.717, 1.165) is 18.9 Å². The maximum atomic E-state index is 12.7. The second kappa shape index (κ2) is 7.07. The number of rotatable bonds is 4. The third-order valence-corrected chi connectivity index (χ3v) is 4.48. The number of carbonyl (C=O) groups excluding carboxylic acids is 1. The molecule has 8 heteroatoms. The van der Waals surface area contributed by atoms with Gasteiger partial charge in [0.05, 0.1) is 0 Å². The van der Waals surface area contributed by atoms with Crippen LogP contribution in [0.15, 0.2) is 36.5 Å². The Kier molecular flexibility index (Phi) is 4.47. The van der Waals surface area contributed by atoms with Gasteiger partial charge in [-0.25, -0.2) is 0 Å². The number of hydrogen-bond donors (Lipinski definition) is 0. The first-order valence-corrected chi connectivity index (χ1v) is 8.58. The van der Waals surface area contributed by atoms with Gasteiger partial charge in [0.2, 0.25) is 6.79 Å². The minimum atomic E-state index is -0.571. The lowest BCUT2D eigenvalue weighted by atomic mass is 10.2. The average molecular weight is 356 g/mol. The molecule has 136 valence electrons. The quantitative estimate of drug-likeness (QED) is 0.818. The molecule has 1 atom stereocenters. The summed E-state index contributed by atoms with van der Waals surface area (Å²) >= 11 is 0. The number of benzene rings is 1. The van der Waals surface area contributed by atoms with Gasteiger partial charge in [0.15, 0.2) is 23.4 Å². The van der Waals surface area contributed by atoms with Crippen molar-refractivity contribution in [3.63, 3.8) is 0 Å². The molecule has 1 aromatic heterocycles. The summed E-state index contributed by atoms with van der Waals surface area (Å²) in [6.45, 7) is 4.68. The van der Waals surface area contributed by atoms with Crippen molar-refractivity contribution >= 4 is 11.7 Å². The number of anilines is 1. The normalized spacial score (nSPS) is 17.1. The number of amides is 1. The predicted octanol–water partition coefficient (Wildman–Crippen LogP) is 1.32. The third-order valence-electron chi connectivity index (χ3n) is 4.48. The number of piperazine rings is 1. The lowest BCUT2D eigenvalue weighted by Gasteiger charge is -2.36. The summed E-state index contributed by atoms with van der Waals surface area (Å²) in [5, 5.41) is 8.02. The van der Waals surface area contributed by atoms with Gasteiger partial charge in [-0.15, -0.1) is 5.10 Å². The number of aromatic nitrogens is 2. The van der Waals surface area contributed by atoms with Crippen molar-refractivity contribution in [1.82, 2.24) is 15.1 Å². The van der Waals surface area contributed by atoms with Gasteiger partial charge in [-0.05, 0) is 31.2 Å². The zero-order valence-corrected chi connectivity index (χ0v) is 14.5. The Morgan fingerprint density at radius 2 is 1.96 bits per heavy atom. The molecule has 2 aromatic rings. The van der Waals surface area contributed by atoms with E-state index in [9.17, 15) is 4.79 Å². The Bertz CT molecular complexity index is 778. The minimum absolute atomic E-state index is 0.0264. The summed E-state index contributed by atoms with van der Waals surface area (Å²) in [7, 11) is 0. The van der Waals surface area contributed by atoms with Gasteiger partial charge in [-0.3, -0.25) is 4.79 Å². The Labute approximate surface area is 151 Å². The highest BCUT2D eigenvalue weighted by Gasteiger charge is 2.27. The molecule has 26 heavy (non-hydrogen) atoms. The van der Waals surface area contributed by atoms with E-state index < -0.39 is 6.10 Å². The van der Waals surface area contributed by atoms with E-state index in [1.54, 1.807) is 31.3 Å². The topological polar surface area (TPSA) is 77.0 Å². The first kappa shape index (κ1) is 16.4. The average Bonchev–Trinajstić information content (AvgIpc) is 3.16. The van der Waals surface area contributed by atoms with Crippen LogP contribution in [0, 0.1) is 0 Å². The van der Waals surface area contributed by atoms with Crippen LogP contribution in [0.2, 0.25) is 0 Å². The molecule has 1 amide bonds. The van der Waals surface area contributed by atoms with Crippen molar-refractivity contribution < 1.29 is 19.0 Å². The van der Waals surface area contributed by atoms with Gasteiger partial charge in [0, 0.05) is 38.4 Å². The number of hydrogen-bond acceptors (Lipinski definition) is 7. The number of carbonyl (C=O) groups is 1. The fourth-order valence-corrected chi connectivity index (χ4v) is 3.08. The first-order chi connectivity index (χ1) is 12.7. The predicted molar refractivity (Wildman–Crippen MR) is 93.5 cm³/mol. The standard InChI is InChI=1S/C18H20N4O4/c1-13(26-14-4-5-15-16(11-14)25-12-24-15)18(23)22-9-7-21(8-10-22)17-3-2-6-19-20-17/h2-6,11,13H,7-10,12H2,1H3. The van der Waals surface area contributed by atoms with Crippen molar-refractivity contribution in [3.8, 4) is 17.2 Å². The van der Waals surface area contributed by atoms with E-state index in [1.807, 2.05) is 17.0 Å². The fraction of sp³-hybridized carbons (Fsp3) is 0.389. The van der Waals surface area contributed by atoms with E-state index >= 15 is 0 Å². The molecule has 0 spiro atoms. The number of nitrogens with zero attached hydrogens (tertiary/aromatic N) is 4. The Morgan fingerprint density at radius 1 is 1.15 bits per heavy atom. The summed E-state index contributed by atoms with van der Waals surface area (Å²) in [6, 6.07) is 9.10. The van der Waals surface area contributed by atoms with Crippen LogP contribution >= 0.6 is 0 Å². The van der Waals surface area contributed by atoms with Crippen LogP contribution in [0.25, 0.3) is 0 Å². The maximum absolute atomic E-state index is 12.7. The summed E-state index contributed by atoms with van der Waals surface area (Å²) < 4.78 is 16.4. The summed E-state index contributed by atoms with van der Waals surface area (Å²) in [4.78, 5) is 16.6. The smallest absolute Gasteiger partial charge is 0.263 e. The molecule has 2 aliphatic rings. The van der Waals surface area contributed by atoms with Crippen LogP contribution in [0.5, 0.6) is 17.2 Å². The maximum Gasteiger partial charge on any atom is 0.263 e. The molecule has 1 aromatic carbocycles. The zero-order valence-electron chi connectivity index (χ0n) is 14.5. The monoisotopic (exact) mass is 356 g/mol. The molecule has 1 unspecified atom stereocenters. The summed E-state index contributed by atoms with van der Waals surface area (Å²) in [5.74, 6) is 2.73. The van der Waals surface area contributed by atoms with Gasteiger partial charge >= 0.3 is 0 Å². The molecule has 0 aliphatic carbocycles. The zero-order chi connectivity index (χ0) is 17.9. The van der Waals surface area contributed by atoms with Crippen molar-refractivity contribution in [3.05, 3.63) is 36.5 Å². The fourth-order valence-electron chi connectivity index (χ4n) is 3.08. The van der Waals surface area contributed by atoms with E-state index in [2.05, 4.69) is 15.1 Å². The number of ether oxygens (including phenoxy) is 3. The van der Waals surface area contributed by atoms with Crippen molar-refractivity contribution in [2.24, 2.45) is 0 Å². The lowest BCUT2D eigenvalue weighted by molar-refractivity contribution is -0.138. The molecule has 0 bridgehead atoms. The summed E-state index contributed by atoms with van der Waals surface area (Å²) in [5.41, 5.74) is 0. The Balaban J connectivity index is 1.33. The Morgan fingerprint density at radius 3 is 2.73 bits per heavy atom. The van der Waals surface area contributed by atoms with E-state index in [1.165, 1.54) is 0 Å². The molecule has 0 radical (unpaired) electrons. The molecular weight excluding hydrogens is 336 g/mol. The van der Waals surface area contributed by atoms with Crippen LogP contribution in [0.4, 0.5) is 5.82 Å². The molecule has 8 nitrogen and oxygen atoms in total. The van der Waals surface area contributed by atoms with E-state index in [4.69, 9.17) is 14.2 Å². The molecule has 0 saturated carbocycles. The SMILES string of the molecule is CC(Oc1ccc2c(c1)OCO2)C(=O)N1CCN(c2cccnn2)CC1. The van der Waals surface area contributed by atoms with Crippen LogP contribution in [-0.4, -0.2) is 60.1 Å². The van der Waals surface area contributed by atoms with Crippen LogP contribution in [0.3, 0.4) is 0 Å². The summed E-state index contributed by atoms with van der Waals surface area (Å²) in [6.07, 6.45) is 1.08. The molecule has 1 saturated heterocycles. The Hall–Kier alpha value is -3.03. The van der Waals surface area contributed by atoms with Crippen LogP contribution in [-0.2, 0) is 4.79 Å². The minimum Gasteiger partial charge on any atom is -0.481 e. The van der Waals surface area contributed by atoms with Crippen molar-refractivity contribution in [1.29, 1.82) is 0 Å². The van der Waals surface area contributed by atoms with Crippen molar-refractivity contribution in [2.75, 3.05) is 37.9 Å². The highest BCUT2D eigenvalue weighted by molar-refractivity contribution is 5.81. The van der Waals surface area contributed by atoms with E-state index in [-0.39, 0.29) is 12.7 Å². The van der Waals surface area contributed by atoms with Gasteiger partial charge < -0.3 is 24.0 Å². The van der Waals surface area contributed by atoms with Gasteiger partial charge in [0.25, 0.3) is 5.91 Å². The molecular formula is C18H20N4O4. The van der Waals surface area contributed by atoms with Crippen LogP contribution in [0.1, 0.15) is 6.92 Å². The van der Waals surface area contributed by atoms with Crippen molar-refractivity contribution in [2.45, 2.75) is 13.0 Å². The van der Waals surface area contributed by atoms with Gasteiger partial charge in [-0.1, -0.05) is 0 Å². The molecule has 1 fully saturated rings. The lowest BCUT2D eigenvalue weighted by Crippen LogP contribution is -2.52. The molecule has 2 aliphatic heterocycles. The number of fused-ring (bicyclic) bond motifs is 1. The highest BCUT2D eigenvalue weighted by Crippen LogP contribution is 2.35. The largest absolute Gasteiger partial charge is 0.481 e. The second-order valence-corrected chi connectivity index (χ2v) is 6.17. The first-order valence-electron chi connectivity index (χ1n) is 8.58. The second-order valence-electron chi connectivity index (χ2n) is 6.17. The molecule has 4 rings (SSSR count). The molecule has 0 N–H and O–H groups in total. The highest BCUT2D eigenvalue weighted by atomic mass is 16.7. The van der Waals surface area contributed by atoms with Gasteiger partial charge in [0.1, 0.15) is 5.75 Å². The van der Waals surface area contributed by atoms with Crippen LogP contribution < -0.4 is 19.1 Å². The van der Waals surface area contributed by atoms with E-state index in [0.29, 0.717) is 30.3 Å². The molecule has 3 heterocycles.